The molecule has 6 aromatic rings. The minimum Gasteiger partial charge on any atom is -0.691 e. The van der Waals surface area contributed by atoms with Gasteiger partial charge in [-0.15, -0.1) is 14.5 Å². The fourth-order valence-electron chi connectivity index (χ4n) is 11.5. The van der Waals surface area contributed by atoms with Crippen LogP contribution in [0, 0.1) is 5.92 Å². The number of nitrogens with one attached hydrogen (secondary N) is 5. The molecule has 9 rings (SSSR count). The molecule has 5 aromatic carbocycles. The molecule has 100 heavy (non-hydrogen) atoms. The van der Waals surface area contributed by atoms with Crippen LogP contribution in [0.15, 0.2) is 126 Å². The molecule has 34 heteroatoms. The zero-order valence-corrected chi connectivity index (χ0v) is 57.2. The van der Waals surface area contributed by atoms with Crippen molar-refractivity contribution in [2.45, 2.75) is 125 Å². The minimum absolute atomic E-state index is 0. The number of hydrogen-bond donors (Lipinski definition) is 13. The van der Waals surface area contributed by atoms with Crippen LogP contribution in [-0.4, -0.2) is 209 Å². The summed E-state index contributed by atoms with van der Waals surface area (Å²) in [6.45, 7) is 1.91. The molecule has 3 aliphatic heterocycles. The monoisotopic (exact) mass is 1410 g/mol. The Labute approximate surface area is 598 Å². The van der Waals surface area contributed by atoms with E-state index >= 15 is 0 Å². The smallest absolute Gasteiger partial charge is 0.691 e. The van der Waals surface area contributed by atoms with Crippen molar-refractivity contribution in [2.75, 3.05) is 32.8 Å². The van der Waals surface area contributed by atoms with Crippen molar-refractivity contribution < 1.29 is 136 Å². The summed E-state index contributed by atoms with van der Waals surface area (Å²) in [6, 6.07) is 22.1. The summed E-state index contributed by atoms with van der Waals surface area (Å²) < 4.78 is 26.9. The van der Waals surface area contributed by atoms with Crippen LogP contribution < -0.4 is 80.8 Å². The van der Waals surface area contributed by atoms with Crippen molar-refractivity contribution in [3.63, 3.8) is 0 Å². The molecule has 528 valence electrons. The van der Waals surface area contributed by atoms with Gasteiger partial charge in [0, 0.05) is 61.5 Å². The third-order valence-corrected chi connectivity index (χ3v) is 17.1. The summed E-state index contributed by atoms with van der Waals surface area (Å²) in [5.74, 6) is -9.50. The number of aromatic hydroxyl groups is 1. The SMILES string of the molecule is CC(O)C1NC(=O)C(NC(=O)c2ccc(-c3nnc(-c4ccc(-c5ccc(OCCCCOc6ccccc6)cc5)cc4)o3)cc2)CC(O)CNC(=O)C2C(O)C(C)CN2C(=O)C(C(O)CC(N)=O)NC(=O)C(C(O)Cc2ccc(O)c(OSOO[O-])c2)NC(=O)C2CC(O)CN2C1=O.[Na+]. The van der Waals surface area contributed by atoms with Crippen LogP contribution >= 0.6 is 12.3 Å². The number of fused-ring (bicyclic) bond motifs is 2. The van der Waals surface area contributed by atoms with Crippen LogP contribution in [0.25, 0.3) is 34.0 Å². The number of carbonyl (C=O) groups excluding carboxylic acids is 8. The predicted molar refractivity (Wildman–Crippen MR) is 344 cm³/mol. The third kappa shape index (κ3) is 20.0. The van der Waals surface area contributed by atoms with Crippen molar-refractivity contribution in [3.05, 3.63) is 132 Å². The zero-order valence-electron chi connectivity index (χ0n) is 54.4. The number of primary amides is 1. The van der Waals surface area contributed by atoms with Crippen LogP contribution in [0.3, 0.4) is 0 Å². The van der Waals surface area contributed by atoms with E-state index in [1.165, 1.54) is 37.3 Å². The van der Waals surface area contributed by atoms with Gasteiger partial charge in [0.1, 0.15) is 47.8 Å². The van der Waals surface area contributed by atoms with E-state index in [1.54, 1.807) is 0 Å². The Balaban J connectivity index is 0.0000127. The Bertz CT molecular complexity index is 3790. The van der Waals surface area contributed by atoms with E-state index in [1.807, 2.05) is 78.9 Å². The van der Waals surface area contributed by atoms with E-state index in [9.17, 15) is 79.4 Å². The first-order chi connectivity index (χ1) is 47.5. The number of hydrogen-bond acceptors (Lipinski definition) is 25. The van der Waals surface area contributed by atoms with E-state index in [0.717, 1.165) is 64.3 Å². The van der Waals surface area contributed by atoms with Crippen molar-refractivity contribution in [1.82, 2.24) is 46.6 Å². The number of phenolic OH excluding ortho intramolecular Hbond substituents is 1. The van der Waals surface area contributed by atoms with Gasteiger partial charge in [-0.2, -0.15) is 0 Å². The van der Waals surface area contributed by atoms with Gasteiger partial charge >= 0.3 is 29.6 Å². The van der Waals surface area contributed by atoms with Crippen molar-refractivity contribution in [3.8, 4) is 57.0 Å². The number of aliphatic hydroxyl groups excluding tert-OH is 6. The number of phenols is 1. The van der Waals surface area contributed by atoms with Crippen LogP contribution in [0.2, 0.25) is 0 Å². The fourth-order valence-corrected chi connectivity index (χ4v) is 11.8. The molecule has 0 radical (unpaired) electrons. The number of aliphatic hydroxyl groups is 6. The summed E-state index contributed by atoms with van der Waals surface area (Å²) in [6.07, 6.45) is -12.2. The number of nitrogens with two attached hydrogens (primary N) is 1. The maximum absolute atomic E-state index is 14.7. The number of carbonyl (C=O) groups is 8. The molecule has 3 fully saturated rings. The molecule has 3 saturated heterocycles. The van der Waals surface area contributed by atoms with Crippen LogP contribution in [0.5, 0.6) is 23.0 Å². The van der Waals surface area contributed by atoms with E-state index in [0.29, 0.717) is 24.3 Å². The molecule has 1 aromatic heterocycles. The summed E-state index contributed by atoms with van der Waals surface area (Å²) in [5, 5.41) is 113. The normalized spacial score (nSPS) is 23.4. The van der Waals surface area contributed by atoms with Crippen LogP contribution in [0.1, 0.15) is 61.9 Å². The first-order valence-corrected chi connectivity index (χ1v) is 32.2. The van der Waals surface area contributed by atoms with Gasteiger partial charge in [-0.1, -0.05) is 55.5 Å². The van der Waals surface area contributed by atoms with E-state index in [2.05, 4.69) is 46.2 Å². The topological polar surface area (TPSA) is 479 Å². The average molecular weight is 1420 g/mol. The van der Waals surface area contributed by atoms with Gasteiger partial charge < -0.3 is 101 Å². The van der Waals surface area contributed by atoms with E-state index in [4.69, 9.17) is 23.8 Å². The maximum Gasteiger partial charge on any atom is 1.00 e. The molecule has 3 aliphatic rings. The average Bonchev–Trinajstić information content (AvgIpc) is 1.64. The van der Waals surface area contributed by atoms with Crippen LogP contribution in [0.4, 0.5) is 0 Å². The summed E-state index contributed by atoms with van der Waals surface area (Å²) in [4.78, 5) is 115. The molecule has 13 atom stereocenters. The van der Waals surface area contributed by atoms with Gasteiger partial charge in [-0.3, -0.25) is 43.4 Å². The molecule has 0 saturated carbocycles. The second kappa shape index (κ2) is 36.0. The zero-order chi connectivity index (χ0) is 71.0. The van der Waals surface area contributed by atoms with Crippen molar-refractivity contribution in [2.24, 2.45) is 11.7 Å². The number of benzene rings is 5. The number of nitrogens with zero attached hydrogens (tertiary/aromatic N) is 4. The van der Waals surface area contributed by atoms with E-state index in [-0.39, 0.29) is 70.5 Å². The fraction of sp³-hybridized carbons (Fsp3) is 0.394. The Hall–Kier alpha value is -8.81. The number of ether oxygens (including phenoxy) is 2. The van der Waals surface area contributed by atoms with Gasteiger partial charge in [0.15, 0.2) is 11.5 Å². The number of unbranched alkanes of at least 4 members (excludes halogenated alkanes) is 1. The van der Waals surface area contributed by atoms with Gasteiger partial charge in [0.25, 0.3) is 18.2 Å². The standard InChI is InChI=1S/C66H76N10O22S.Na/c1-34-32-76-56(57(34)84)62(89)68-31-42(78)28-46(69-58(85)39-13-17-41(18-14-39)64-74-73-63(95-64)40-15-11-37(12-16-40)38-19-21-45(22-20-38)94-25-7-6-24-93-44-8-4-3-5-9-44)59(86)70-53(35(2)77)65(90)75-33-43(79)29-47(75)60(87)71-54(61(88)72-55(66(76)91)50(82)30-52(67)83)49(81)26-36-10-23-48(80)51(27-36)96-99-98-97-92;/h3-5,8-23,27,34-35,42-43,46-47,49-50,53-57,77-82,84,92H,6-7,24-26,28-33H2,1-2H3,(H2,67,83)(H,68,89)(H,69,85)(H,70,86)(H,71,87)(H,72,88);/q;+1/p-1. The van der Waals surface area contributed by atoms with Crippen molar-refractivity contribution >= 4 is 59.6 Å². The molecule has 0 spiro atoms. The summed E-state index contributed by atoms with van der Waals surface area (Å²) in [7, 11) is 0. The predicted octanol–water partition coefficient (Wildman–Crippen LogP) is -3.99. The molecule has 0 bridgehead atoms. The molecular weight excluding hydrogens is 1340 g/mol. The third-order valence-electron chi connectivity index (χ3n) is 16.8. The maximum atomic E-state index is 14.7. The van der Waals surface area contributed by atoms with Gasteiger partial charge in [-0.05, 0) is 109 Å². The molecule has 32 nitrogen and oxygen atoms in total. The molecule has 13 unspecified atom stereocenters. The second-order valence-corrected chi connectivity index (χ2v) is 24.5. The molecule has 8 amide bonds. The Morgan fingerprint density at radius 2 is 1.28 bits per heavy atom. The molecule has 14 N–H and O–H groups in total. The quantitative estimate of drug-likeness (QED) is 0.00956. The van der Waals surface area contributed by atoms with E-state index < -0.39 is 177 Å². The molecule has 0 aliphatic carbocycles. The van der Waals surface area contributed by atoms with Gasteiger partial charge in [0.2, 0.25) is 53.1 Å². The number of β-amino-alcohol motifs (C(OH)–C–C–N with tert-alkyl or cyclic N) is 1. The summed E-state index contributed by atoms with van der Waals surface area (Å²) >= 11 is -0.0101. The molecule has 4 heterocycles. The minimum atomic E-state index is -2.23. The Morgan fingerprint density at radius 1 is 0.700 bits per heavy atom. The number of amides is 8. The first-order valence-electron chi connectivity index (χ1n) is 31.5. The Kier molecular flexibility index (Phi) is 27.7. The number of aromatic nitrogens is 2. The summed E-state index contributed by atoms with van der Waals surface area (Å²) in [5.41, 5.74) is 8.28. The Morgan fingerprint density at radius 3 is 1.90 bits per heavy atom. The molecular formula is C66H75N10NaO22S. The van der Waals surface area contributed by atoms with Crippen molar-refractivity contribution in [1.29, 1.82) is 0 Å². The second-order valence-electron chi connectivity index (χ2n) is 24.1. The largest absolute Gasteiger partial charge is 1.00 e. The number of para-hydroxylation sites is 1. The van der Waals surface area contributed by atoms with Gasteiger partial charge in [0.05, 0.1) is 56.3 Å². The number of rotatable bonds is 23. The van der Waals surface area contributed by atoms with Gasteiger partial charge in [-0.25, -0.2) is 0 Å². The first kappa shape index (κ1) is 76.9. The van der Waals surface area contributed by atoms with Crippen LogP contribution in [-0.2, 0) is 49.4 Å².